The SMILES string of the molecule is CC=CCOc1ccc(CN)nn1. The molecule has 0 amide bonds. The standard InChI is InChI=1S/C9H13N3O/c1-2-3-6-13-9-5-4-8(7-10)11-12-9/h2-5H,6-7,10H2,1H3. The lowest BCUT2D eigenvalue weighted by atomic mass is 10.4. The smallest absolute Gasteiger partial charge is 0.233 e. The zero-order valence-corrected chi connectivity index (χ0v) is 7.60. The number of hydrogen-bond donors (Lipinski definition) is 1. The van der Waals surface area contributed by atoms with Gasteiger partial charge in [-0.25, -0.2) is 0 Å². The lowest BCUT2D eigenvalue weighted by Gasteiger charge is -2.00. The van der Waals surface area contributed by atoms with Gasteiger partial charge in [0.25, 0.3) is 0 Å². The molecule has 0 bridgehead atoms. The van der Waals surface area contributed by atoms with Crippen molar-refractivity contribution >= 4 is 0 Å². The number of hydrogen-bond acceptors (Lipinski definition) is 4. The minimum absolute atomic E-state index is 0.405. The number of nitrogens with zero attached hydrogens (tertiary/aromatic N) is 2. The van der Waals surface area contributed by atoms with Crippen LogP contribution in [0.3, 0.4) is 0 Å². The topological polar surface area (TPSA) is 61.0 Å². The molecule has 0 aliphatic heterocycles. The maximum Gasteiger partial charge on any atom is 0.233 e. The Labute approximate surface area is 77.4 Å². The molecule has 0 aromatic carbocycles. The van der Waals surface area contributed by atoms with E-state index in [-0.39, 0.29) is 0 Å². The third-order valence-electron chi connectivity index (χ3n) is 1.47. The second-order valence-corrected chi connectivity index (χ2v) is 2.45. The predicted molar refractivity (Wildman–Crippen MR) is 50.2 cm³/mol. The van der Waals surface area contributed by atoms with Gasteiger partial charge in [-0.1, -0.05) is 12.2 Å². The van der Waals surface area contributed by atoms with Gasteiger partial charge in [-0.3, -0.25) is 0 Å². The van der Waals surface area contributed by atoms with Gasteiger partial charge in [0.05, 0.1) is 5.69 Å². The van der Waals surface area contributed by atoms with Gasteiger partial charge in [0.2, 0.25) is 5.88 Å². The summed E-state index contributed by atoms with van der Waals surface area (Å²) in [7, 11) is 0. The van der Waals surface area contributed by atoms with Crippen LogP contribution in [0.5, 0.6) is 5.88 Å². The van der Waals surface area contributed by atoms with Crippen LogP contribution >= 0.6 is 0 Å². The molecule has 0 unspecified atom stereocenters. The van der Waals surface area contributed by atoms with Gasteiger partial charge in [0, 0.05) is 12.6 Å². The fourth-order valence-electron chi connectivity index (χ4n) is 0.763. The maximum absolute atomic E-state index is 5.37. The van der Waals surface area contributed by atoms with E-state index in [2.05, 4.69) is 10.2 Å². The summed E-state index contributed by atoms with van der Waals surface area (Å²) in [6.07, 6.45) is 3.82. The molecular formula is C9H13N3O. The molecule has 0 aliphatic rings. The molecule has 2 N–H and O–H groups in total. The van der Waals surface area contributed by atoms with E-state index >= 15 is 0 Å². The third kappa shape index (κ3) is 3.21. The molecule has 0 fully saturated rings. The molecule has 0 atom stereocenters. The minimum Gasteiger partial charge on any atom is -0.472 e. The Morgan fingerprint density at radius 1 is 1.46 bits per heavy atom. The quantitative estimate of drug-likeness (QED) is 0.697. The summed E-state index contributed by atoms with van der Waals surface area (Å²) in [5.41, 5.74) is 6.13. The Kier molecular flexibility index (Phi) is 3.92. The van der Waals surface area contributed by atoms with E-state index in [1.165, 1.54) is 0 Å². The van der Waals surface area contributed by atoms with E-state index in [1.54, 1.807) is 12.1 Å². The van der Waals surface area contributed by atoms with Crippen molar-refractivity contribution in [1.29, 1.82) is 0 Å². The first-order valence-electron chi connectivity index (χ1n) is 4.13. The van der Waals surface area contributed by atoms with Gasteiger partial charge in [-0.15, -0.1) is 5.10 Å². The van der Waals surface area contributed by atoms with Crippen molar-refractivity contribution in [1.82, 2.24) is 10.2 Å². The van der Waals surface area contributed by atoms with Crippen LogP contribution < -0.4 is 10.5 Å². The summed E-state index contributed by atoms with van der Waals surface area (Å²) < 4.78 is 5.24. The summed E-state index contributed by atoms with van der Waals surface area (Å²) in [4.78, 5) is 0. The van der Waals surface area contributed by atoms with Gasteiger partial charge in [-0.05, 0) is 13.0 Å². The minimum atomic E-state index is 0.405. The number of ether oxygens (including phenoxy) is 1. The van der Waals surface area contributed by atoms with E-state index in [1.807, 2.05) is 19.1 Å². The zero-order chi connectivity index (χ0) is 9.52. The molecule has 0 radical (unpaired) electrons. The van der Waals surface area contributed by atoms with Gasteiger partial charge < -0.3 is 10.5 Å². The molecule has 4 heteroatoms. The molecule has 70 valence electrons. The van der Waals surface area contributed by atoms with Gasteiger partial charge in [0.1, 0.15) is 6.61 Å². The highest BCUT2D eigenvalue weighted by molar-refractivity contribution is 5.11. The van der Waals surface area contributed by atoms with Gasteiger partial charge in [0.15, 0.2) is 0 Å². The van der Waals surface area contributed by atoms with E-state index < -0.39 is 0 Å². The number of allylic oxidation sites excluding steroid dienone is 1. The Morgan fingerprint density at radius 3 is 2.85 bits per heavy atom. The molecule has 0 saturated carbocycles. The fraction of sp³-hybridized carbons (Fsp3) is 0.333. The van der Waals surface area contributed by atoms with E-state index in [4.69, 9.17) is 10.5 Å². The number of nitrogens with two attached hydrogens (primary N) is 1. The number of aromatic nitrogens is 2. The molecule has 0 saturated heterocycles. The van der Waals surface area contributed by atoms with Crippen LogP contribution in [0.25, 0.3) is 0 Å². The predicted octanol–water partition coefficient (Wildman–Crippen LogP) is 0.890. The van der Waals surface area contributed by atoms with Crippen LogP contribution in [0.2, 0.25) is 0 Å². The van der Waals surface area contributed by atoms with Crippen molar-refractivity contribution in [3.63, 3.8) is 0 Å². The van der Waals surface area contributed by atoms with Crippen LogP contribution in [-0.2, 0) is 6.54 Å². The first-order valence-corrected chi connectivity index (χ1v) is 4.13. The van der Waals surface area contributed by atoms with E-state index in [0.717, 1.165) is 5.69 Å². The molecule has 1 aromatic heterocycles. The molecular weight excluding hydrogens is 166 g/mol. The lowest BCUT2D eigenvalue weighted by Crippen LogP contribution is -2.03. The normalized spacial score (nSPS) is 10.6. The van der Waals surface area contributed by atoms with Crippen LogP contribution in [0.4, 0.5) is 0 Å². The molecule has 0 aliphatic carbocycles. The second kappa shape index (κ2) is 5.27. The monoisotopic (exact) mass is 179 g/mol. The molecule has 4 nitrogen and oxygen atoms in total. The highest BCUT2D eigenvalue weighted by Gasteiger charge is 1.94. The van der Waals surface area contributed by atoms with E-state index in [0.29, 0.717) is 19.0 Å². The van der Waals surface area contributed by atoms with Gasteiger partial charge >= 0.3 is 0 Å². The van der Waals surface area contributed by atoms with Crippen LogP contribution in [-0.4, -0.2) is 16.8 Å². The average Bonchev–Trinajstić information content (AvgIpc) is 2.19. The molecule has 13 heavy (non-hydrogen) atoms. The Morgan fingerprint density at radius 2 is 2.31 bits per heavy atom. The zero-order valence-electron chi connectivity index (χ0n) is 7.60. The largest absolute Gasteiger partial charge is 0.472 e. The Balaban J connectivity index is 2.49. The highest BCUT2D eigenvalue weighted by Crippen LogP contribution is 2.03. The van der Waals surface area contributed by atoms with Crippen LogP contribution in [0.1, 0.15) is 12.6 Å². The second-order valence-electron chi connectivity index (χ2n) is 2.45. The summed E-state index contributed by atoms with van der Waals surface area (Å²) in [5, 5.41) is 7.69. The molecule has 1 rings (SSSR count). The highest BCUT2D eigenvalue weighted by atomic mass is 16.5. The van der Waals surface area contributed by atoms with Crippen molar-refractivity contribution in [2.75, 3.05) is 6.61 Å². The van der Waals surface area contributed by atoms with Crippen molar-refractivity contribution in [2.24, 2.45) is 5.73 Å². The summed E-state index contributed by atoms with van der Waals surface area (Å²) in [6.45, 7) is 2.86. The van der Waals surface area contributed by atoms with Crippen molar-refractivity contribution in [3.05, 3.63) is 30.0 Å². The first kappa shape index (κ1) is 9.67. The fourth-order valence-corrected chi connectivity index (χ4v) is 0.763. The van der Waals surface area contributed by atoms with E-state index in [9.17, 15) is 0 Å². The lowest BCUT2D eigenvalue weighted by molar-refractivity contribution is 0.343. The van der Waals surface area contributed by atoms with Crippen LogP contribution in [0, 0.1) is 0 Å². The van der Waals surface area contributed by atoms with Crippen LogP contribution in [0.15, 0.2) is 24.3 Å². The number of rotatable bonds is 4. The molecule has 1 heterocycles. The molecule has 1 aromatic rings. The van der Waals surface area contributed by atoms with Crippen molar-refractivity contribution in [2.45, 2.75) is 13.5 Å². The third-order valence-corrected chi connectivity index (χ3v) is 1.47. The maximum atomic E-state index is 5.37. The summed E-state index contributed by atoms with van der Waals surface area (Å²) in [5.74, 6) is 0.523. The van der Waals surface area contributed by atoms with Crippen molar-refractivity contribution < 1.29 is 4.74 Å². The van der Waals surface area contributed by atoms with Crippen molar-refractivity contribution in [3.8, 4) is 5.88 Å². The first-order chi connectivity index (χ1) is 6.36. The van der Waals surface area contributed by atoms with Gasteiger partial charge in [-0.2, -0.15) is 5.10 Å². The summed E-state index contributed by atoms with van der Waals surface area (Å²) >= 11 is 0. The average molecular weight is 179 g/mol. The summed E-state index contributed by atoms with van der Waals surface area (Å²) in [6, 6.07) is 3.57. The Bertz CT molecular complexity index is 269. The molecule has 0 spiro atoms. The Hall–Kier alpha value is -1.42.